The van der Waals surface area contributed by atoms with Crippen molar-refractivity contribution >= 4 is 53.2 Å². The summed E-state index contributed by atoms with van der Waals surface area (Å²) in [6.45, 7) is 9.14. The summed E-state index contributed by atoms with van der Waals surface area (Å²) in [5, 5.41) is 35.0. The van der Waals surface area contributed by atoms with Gasteiger partial charge >= 0.3 is 0 Å². The summed E-state index contributed by atoms with van der Waals surface area (Å²) in [6, 6.07) is -1.49. The molecule has 2 rings (SSSR count). The first-order chi connectivity index (χ1) is 35.8. The van der Waals surface area contributed by atoms with Gasteiger partial charge in [-0.05, 0) is 101 Å². The van der Waals surface area contributed by atoms with Gasteiger partial charge in [0.05, 0.1) is 12.5 Å². The summed E-state index contributed by atoms with van der Waals surface area (Å²) in [7, 11) is 0. The molecule has 9 atom stereocenters. The van der Waals surface area contributed by atoms with E-state index in [1.807, 2.05) is 27.7 Å². The van der Waals surface area contributed by atoms with Crippen molar-refractivity contribution in [2.45, 2.75) is 192 Å². The highest BCUT2D eigenvalue weighted by Gasteiger charge is 2.35. The van der Waals surface area contributed by atoms with E-state index in [9.17, 15) is 48.3 Å². The lowest BCUT2D eigenvalue weighted by Crippen LogP contribution is -2.61. The average molecular weight is 1060 g/mol. The van der Waals surface area contributed by atoms with Crippen LogP contribution in [0.2, 0.25) is 0 Å². The van der Waals surface area contributed by atoms with Gasteiger partial charge in [0.2, 0.25) is 53.2 Å². The van der Waals surface area contributed by atoms with Gasteiger partial charge in [0, 0.05) is 13.0 Å². The first-order valence-corrected chi connectivity index (χ1v) is 27.0. The molecule has 0 aliphatic carbocycles. The van der Waals surface area contributed by atoms with Crippen molar-refractivity contribution in [3.63, 3.8) is 0 Å². The van der Waals surface area contributed by atoms with E-state index in [0.717, 1.165) is 32.1 Å². The Labute approximate surface area is 443 Å². The second-order valence-corrected chi connectivity index (χ2v) is 20.3. The van der Waals surface area contributed by atoms with Crippen LogP contribution in [0.15, 0.2) is 30.3 Å². The van der Waals surface area contributed by atoms with E-state index in [1.54, 1.807) is 30.3 Å². The number of amides is 9. The first kappa shape index (κ1) is 65.4. The molecule has 1 saturated heterocycles. The largest absolute Gasteiger partial charge is 0.393 e. The zero-order valence-electron chi connectivity index (χ0n) is 45.0. The number of aliphatic hydroxyl groups is 1. The Kier molecular flexibility index (Phi) is 31.6. The van der Waals surface area contributed by atoms with Gasteiger partial charge in [0.15, 0.2) is 0 Å². The number of nitrogens with two attached hydrogens (primary N) is 4. The van der Waals surface area contributed by atoms with Gasteiger partial charge in [-0.15, -0.1) is 0 Å². The van der Waals surface area contributed by atoms with E-state index in [2.05, 4.69) is 54.8 Å². The maximum Gasteiger partial charge on any atom is 0.243 e. The fraction of sp³-hybridized carbons (Fsp3) is 0.712. The molecule has 23 heteroatoms. The van der Waals surface area contributed by atoms with Gasteiger partial charge < -0.3 is 75.9 Å². The molecular formula is C52H91N13O10. The number of hydrogen-bond acceptors (Lipinski definition) is 14. The van der Waals surface area contributed by atoms with Crippen LogP contribution in [-0.4, -0.2) is 145 Å². The molecule has 1 aromatic carbocycles. The van der Waals surface area contributed by atoms with Crippen LogP contribution in [0.3, 0.4) is 0 Å². The van der Waals surface area contributed by atoms with Gasteiger partial charge in [-0.1, -0.05) is 97.1 Å². The molecule has 0 radical (unpaired) electrons. The lowest BCUT2D eigenvalue weighted by Gasteiger charge is -2.28. The second-order valence-electron chi connectivity index (χ2n) is 20.3. The minimum absolute atomic E-state index is 0.0457. The van der Waals surface area contributed by atoms with Crippen molar-refractivity contribution in [2.75, 3.05) is 32.7 Å². The highest BCUT2D eigenvalue weighted by atomic mass is 16.3. The zero-order valence-corrected chi connectivity index (χ0v) is 45.0. The summed E-state index contributed by atoms with van der Waals surface area (Å²) >= 11 is 0. The normalized spacial score (nSPS) is 22.9. The van der Waals surface area contributed by atoms with Gasteiger partial charge in [0.1, 0.15) is 48.3 Å². The van der Waals surface area contributed by atoms with Crippen LogP contribution < -0.4 is 70.8 Å². The number of unbranched alkanes of at least 4 members (excludes halogenated alkanes) is 4. The lowest BCUT2D eigenvalue weighted by molar-refractivity contribution is -0.136. The number of hydrogen-bond donors (Lipinski definition) is 14. The zero-order chi connectivity index (χ0) is 55.9. The number of carbonyl (C=O) groups is 9. The molecule has 18 N–H and O–H groups in total. The molecule has 0 saturated carbocycles. The van der Waals surface area contributed by atoms with Crippen molar-refractivity contribution in [3.05, 3.63) is 35.9 Å². The molecule has 0 bridgehead atoms. The smallest absolute Gasteiger partial charge is 0.243 e. The maximum absolute atomic E-state index is 14.4. The summed E-state index contributed by atoms with van der Waals surface area (Å²) in [5.41, 5.74) is 24.2. The molecular weight excluding hydrogens is 967 g/mol. The molecule has 1 fully saturated rings. The van der Waals surface area contributed by atoms with Crippen LogP contribution >= 0.6 is 0 Å². The van der Waals surface area contributed by atoms with E-state index in [0.29, 0.717) is 18.4 Å². The number of aliphatic hydroxyl groups excluding tert-OH is 1. The minimum atomic E-state index is -1.46. The summed E-state index contributed by atoms with van der Waals surface area (Å²) in [6.07, 6.45) is 4.07. The van der Waals surface area contributed by atoms with Crippen molar-refractivity contribution in [2.24, 2.45) is 34.8 Å². The van der Waals surface area contributed by atoms with E-state index in [4.69, 9.17) is 22.9 Å². The number of nitrogens with one attached hydrogen (secondary N) is 9. The highest BCUT2D eigenvalue weighted by Crippen LogP contribution is 2.13. The molecule has 0 spiro atoms. The Morgan fingerprint density at radius 3 is 1.56 bits per heavy atom. The molecule has 424 valence electrons. The molecule has 1 aliphatic heterocycles. The standard InChI is InChI=1S/C52H91N13O10/c1-6-7-8-9-13-17-35(66)31-44(67)58-36(18-14-23-53)46(69)62-40-22-27-57-45(68)41(28-32(2)3)63-48(71)38(20-25-55)59-47(70)37(19-24-54)61-51(74)42(29-33(4)5)64-52(75)43(30-34-15-11-10-12-16-34)65-49(72)39(21-26-56)60-50(40)73/h10-12,15-16,32-33,35-43,66H,6-9,13-14,17-31,53-56H2,1-5H3,(H,57,68)(H,58,67)(H,59,70)(H,60,73)(H,61,74)(H,62,69)(H,63,71)(H,64,75)(H,65,72)/t35-,36-,37+,38+,39+,40+,41+,42+,43-/m1/s1. The van der Waals surface area contributed by atoms with Crippen molar-refractivity contribution in [3.8, 4) is 0 Å². The van der Waals surface area contributed by atoms with Gasteiger partial charge in [0.25, 0.3) is 0 Å². The molecule has 1 aliphatic rings. The van der Waals surface area contributed by atoms with E-state index in [1.165, 1.54) is 0 Å². The molecule has 0 unspecified atom stereocenters. The van der Waals surface area contributed by atoms with Gasteiger partial charge in [-0.3, -0.25) is 43.2 Å². The predicted octanol–water partition coefficient (Wildman–Crippen LogP) is -1.38. The molecule has 1 heterocycles. The third kappa shape index (κ3) is 25.6. The molecule has 75 heavy (non-hydrogen) atoms. The summed E-state index contributed by atoms with van der Waals surface area (Å²) in [5.74, 6) is -6.99. The number of benzene rings is 1. The van der Waals surface area contributed by atoms with Crippen LogP contribution in [0.1, 0.15) is 136 Å². The lowest BCUT2D eigenvalue weighted by atomic mass is 10.00. The van der Waals surface area contributed by atoms with Crippen LogP contribution in [0.25, 0.3) is 0 Å². The van der Waals surface area contributed by atoms with Crippen molar-refractivity contribution < 1.29 is 48.3 Å². The molecule has 1 aromatic rings. The second kappa shape index (κ2) is 36.3. The van der Waals surface area contributed by atoms with E-state index in [-0.39, 0.29) is 102 Å². The topological polar surface area (TPSA) is 386 Å². The molecule has 23 nitrogen and oxygen atoms in total. The first-order valence-electron chi connectivity index (χ1n) is 27.0. The highest BCUT2D eigenvalue weighted by molar-refractivity contribution is 5.98. The third-order valence-corrected chi connectivity index (χ3v) is 12.6. The van der Waals surface area contributed by atoms with Crippen LogP contribution in [0.4, 0.5) is 0 Å². The fourth-order valence-corrected chi connectivity index (χ4v) is 8.55. The maximum atomic E-state index is 14.4. The Hall–Kier alpha value is -5.75. The van der Waals surface area contributed by atoms with Crippen LogP contribution in [-0.2, 0) is 49.6 Å². The summed E-state index contributed by atoms with van der Waals surface area (Å²) < 4.78 is 0. The monoisotopic (exact) mass is 1060 g/mol. The average Bonchev–Trinajstić information content (AvgIpc) is 3.35. The van der Waals surface area contributed by atoms with Crippen LogP contribution in [0.5, 0.6) is 0 Å². The number of carbonyl (C=O) groups excluding carboxylic acids is 9. The van der Waals surface area contributed by atoms with Crippen LogP contribution in [0, 0.1) is 11.8 Å². The minimum Gasteiger partial charge on any atom is -0.393 e. The quantitative estimate of drug-likeness (QED) is 0.0476. The third-order valence-electron chi connectivity index (χ3n) is 12.6. The Morgan fingerprint density at radius 1 is 0.587 bits per heavy atom. The summed E-state index contributed by atoms with van der Waals surface area (Å²) in [4.78, 5) is 126. The molecule has 0 aromatic heterocycles. The Morgan fingerprint density at radius 2 is 1.05 bits per heavy atom. The predicted molar refractivity (Wildman–Crippen MR) is 285 cm³/mol. The van der Waals surface area contributed by atoms with E-state index < -0.39 is 108 Å². The fourth-order valence-electron chi connectivity index (χ4n) is 8.55. The Balaban J connectivity index is 2.70. The Bertz CT molecular complexity index is 1940. The van der Waals surface area contributed by atoms with E-state index >= 15 is 0 Å². The van der Waals surface area contributed by atoms with Gasteiger partial charge in [-0.25, -0.2) is 0 Å². The molecule has 9 amide bonds. The van der Waals surface area contributed by atoms with Crippen molar-refractivity contribution in [1.82, 2.24) is 47.9 Å². The van der Waals surface area contributed by atoms with Crippen molar-refractivity contribution in [1.29, 1.82) is 0 Å². The SMILES string of the molecule is CCCCCCC[C@@H](O)CC(=O)N[C@H](CCCN)C(=O)N[C@H]1CCNC(=O)[C@H](CC(C)C)NC(=O)[C@H](CCN)NC(=O)[C@H](CCN)NC(=O)[C@H](CC(C)C)NC(=O)[C@@H](Cc2ccccc2)NC(=O)[C@H](CCN)NC1=O. The van der Waals surface area contributed by atoms with Gasteiger partial charge in [-0.2, -0.15) is 0 Å². The number of rotatable bonds is 26.